The van der Waals surface area contributed by atoms with Crippen LogP contribution in [0.15, 0.2) is 86.0 Å². The molecule has 0 saturated heterocycles. The molecule has 0 aliphatic carbocycles. The Balaban J connectivity index is 0.000000174. The third-order valence-electron chi connectivity index (χ3n) is 4.49. The van der Waals surface area contributed by atoms with E-state index in [9.17, 15) is 0 Å². The monoisotopic (exact) mass is 641 g/mol. The number of hydrogen-bond donors (Lipinski definition) is 0. The predicted molar refractivity (Wildman–Crippen MR) is 127 cm³/mol. The van der Waals surface area contributed by atoms with Gasteiger partial charge in [-0.25, -0.2) is 15.0 Å². The van der Waals surface area contributed by atoms with E-state index >= 15 is 0 Å². The molecular weight excluding hydrogens is 614 g/mol. The molecule has 173 valence electrons. The molecule has 5 aromatic heterocycles. The standard InChI is InChI=1S/2C9H9N3.C5H8N2.ClH.Os/c2*1-12-7-6-11-9(12)8-4-2-3-5-10-8;1-5-6-3-4-7(5)2;;/h2*2-7H,1H3;3-4H,1-2H3;1H;/q;;;;+1/p-1. The van der Waals surface area contributed by atoms with Gasteiger partial charge in [-0.2, -0.15) is 0 Å². The summed E-state index contributed by atoms with van der Waals surface area (Å²) in [6, 6.07) is 11.6. The van der Waals surface area contributed by atoms with Crippen molar-refractivity contribution in [2.45, 2.75) is 6.92 Å². The minimum absolute atomic E-state index is 0.899. The van der Waals surface area contributed by atoms with Crippen LogP contribution in [0, 0.1) is 6.92 Å². The van der Waals surface area contributed by atoms with E-state index in [1.54, 1.807) is 31.0 Å². The van der Waals surface area contributed by atoms with Gasteiger partial charge in [0.2, 0.25) is 0 Å². The van der Waals surface area contributed by atoms with Gasteiger partial charge in [0, 0.05) is 70.7 Å². The fourth-order valence-electron chi connectivity index (χ4n) is 2.66. The van der Waals surface area contributed by atoms with E-state index in [0.717, 1.165) is 28.9 Å². The van der Waals surface area contributed by atoms with Crippen molar-refractivity contribution in [2.24, 2.45) is 21.1 Å². The van der Waals surface area contributed by atoms with Gasteiger partial charge in [0.05, 0.1) is 0 Å². The summed E-state index contributed by atoms with van der Waals surface area (Å²) < 4.78 is 5.87. The number of pyridine rings is 2. The summed E-state index contributed by atoms with van der Waals surface area (Å²) in [5.41, 5.74) is 1.81. The first-order valence-electron chi connectivity index (χ1n) is 9.91. The molecule has 5 aromatic rings. The summed E-state index contributed by atoms with van der Waals surface area (Å²) in [6.45, 7) is 1.97. The van der Waals surface area contributed by atoms with Crippen LogP contribution in [0.1, 0.15) is 5.82 Å². The van der Waals surface area contributed by atoms with E-state index in [1.807, 2.05) is 96.8 Å². The molecule has 0 bridgehead atoms. The van der Waals surface area contributed by atoms with Gasteiger partial charge in [0.1, 0.15) is 17.2 Å². The van der Waals surface area contributed by atoms with Crippen LogP contribution in [0.4, 0.5) is 0 Å². The fourth-order valence-corrected chi connectivity index (χ4v) is 2.66. The molecule has 0 aliphatic rings. The second-order valence-electron chi connectivity index (χ2n) is 6.74. The zero-order valence-electron chi connectivity index (χ0n) is 18.9. The Bertz CT molecular complexity index is 1090. The second-order valence-corrected chi connectivity index (χ2v) is 6.74. The number of halogens is 1. The molecule has 0 fully saturated rings. The maximum absolute atomic E-state index is 4.67. The molecule has 33 heavy (non-hydrogen) atoms. The van der Waals surface area contributed by atoms with Crippen LogP contribution in [-0.4, -0.2) is 38.6 Å². The van der Waals surface area contributed by atoms with E-state index in [2.05, 4.69) is 34.6 Å². The van der Waals surface area contributed by atoms with Crippen LogP contribution >= 0.6 is 9.64 Å². The van der Waals surface area contributed by atoms with Gasteiger partial charge >= 0.3 is 27.2 Å². The topological polar surface area (TPSA) is 79.2 Å². The average Bonchev–Trinajstić information content (AvgIpc) is 3.59. The molecule has 0 unspecified atom stereocenters. The molecule has 5 heterocycles. The Kier molecular flexibility index (Phi) is 11.2. The van der Waals surface area contributed by atoms with Crippen LogP contribution in [0.3, 0.4) is 0 Å². The molecular formula is C23H26ClN8Os. The molecule has 10 heteroatoms. The summed E-state index contributed by atoms with van der Waals surface area (Å²) in [5, 5.41) is 0. The van der Waals surface area contributed by atoms with Crippen molar-refractivity contribution in [2.75, 3.05) is 0 Å². The number of aryl methyl sites for hydroxylation is 4. The molecule has 5 rings (SSSR count). The van der Waals surface area contributed by atoms with Gasteiger partial charge in [-0.05, 0) is 31.2 Å². The van der Waals surface area contributed by atoms with Gasteiger partial charge in [-0.15, -0.1) is 0 Å². The molecule has 8 nitrogen and oxygen atoms in total. The van der Waals surface area contributed by atoms with Gasteiger partial charge in [0.25, 0.3) is 0 Å². The van der Waals surface area contributed by atoms with Crippen molar-refractivity contribution >= 4 is 9.64 Å². The summed E-state index contributed by atoms with van der Waals surface area (Å²) >= 11 is 1.33. The van der Waals surface area contributed by atoms with Gasteiger partial charge in [0.15, 0.2) is 11.6 Å². The third-order valence-corrected chi connectivity index (χ3v) is 4.49. The van der Waals surface area contributed by atoms with E-state index in [4.69, 9.17) is 0 Å². The van der Waals surface area contributed by atoms with Crippen molar-refractivity contribution < 1.29 is 17.6 Å². The average molecular weight is 640 g/mol. The van der Waals surface area contributed by atoms with Crippen LogP contribution in [0.25, 0.3) is 23.0 Å². The zero-order chi connectivity index (χ0) is 24.1. The van der Waals surface area contributed by atoms with Crippen LogP contribution in [0.5, 0.6) is 0 Å². The Labute approximate surface area is 208 Å². The summed E-state index contributed by atoms with van der Waals surface area (Å²) in [6.07, 6.45) is 14.6. The van der Waals surface area contributed by atoms with Crippen molar-refractivity contribution in [1.29, 1.82) is 0 Å². The number of imidazole rings is 3. The molecule has 0 saturated carbocycles. The Morgan fingerprint density at radius 3 is 1.24 bits per heavy atom. The van der Waals surface area contributed by atoms with Gasteiger partial charge in [-0.1, -0.05) is 12.1 Å². The number of rotatable bonds is 2. The molecule has 0 N–H and O–H groups in total. The van der Waals surface area contributed by atoms with Crippen molar-refractivity contribution in [3.05, 3.63) is 91.8 Å². The fraction of sp³-hybridized carbons (Fsp3) is 0.174. The van der Waals surface area contributed by atoms with Gasteiger partial charge < -0.3 is 13.7 Å². The third kappa shape index (κ3) is 8.05. The van der Waals surface area contributed by atoms with Crippen molar-refractivity contribution in [1.82, 2.24) is 38.6 Å². The van der Waals surface area contributed by atoms with Crippen LogP contribution < -0.4 is 0 Å². The normalized spacial score (nSPS) is 9.52. The van der Waals surface area contributed by atoms with Crippen LogP contribution in [0.2, 0.25) is 0 Å². The van der Waals surface area contributed by atoms with Gasteiger partial charge in [-0.3, -0.25) is 9.97 Å². The van der Waals surface area contributed by atoms with E-state index in [-0.39, 0.29) is 0 Å². The Morgan fingerprint density at radius 2 is 1.00 bits per heavy atom. The van der Waals surface area contributed by atoms with Crippen LogP contribution in [-0.2, 0) is 38.7 Å². The minimum atomic E-state index is 0.899. The summed E-state index contributed by atoms with van der Waals surface area (Å²) in [5.74, 6) is 2.85. The van der Waals surface area contributed by atoms with Crippen molar-refractivity contribution in [3.8, 4) is 23.0 Å². The Morgan fingerprint density at radius 1 is 0.576 bits per heavy atom. The molecule has 0 amide bonds. The van der Waals surface area contributed by atoms with E-state index in [1.165, 1.54) is 17.6 Å². The first kappa shape index (κ1) is 26.1. The summed E-state index contributed by atoms with van der Waals surface area (Å²) in [7, 11) is 10.6. The van der Waals surface area contributed by atoms with E-state index < -0.39 is 0 Å². The molecule has 0 aliphatic heterocycles. The number of nitrogens with zero attached hydrogens (tertiary/aromatic N) is 8. The number of aromatic nitrogens is 8. The molecule has 0 radical (unpaired) electrons. The maximum atomic E-state index is 4.67. The zero-order valence-corrected chi connectivity index (χ0v) is 22.2. The predicted octanol–water partition coefficient (Wildman–Crippen LogP) is 4.38. The quantitative estimate of drug-likeness (QED) is 0.287. The SMILES string of the molecule is Cc1nccn1C.Cn1ccnc1-c1ccccn1.Cn1ccnc1-c1ccccn1.[Cl][Os]. The first-order valence-corrected chi connectivity index (χ1v) is 13.1. The Hall–Kier alpha value is -3.14. The number of hydrogen-bond acceptors (Lipinski definition) is 5. The molecule has 0 spiro atoms. The molecule has 0 aromatic carbocycles. The second kappa shape index (κ2) is 14.1. The molecule has 0 atom stereocenters. The first-order chi connectivity index (χ1) is 16.1. The van der Waals surface area contributed by atoms with Crippen molar-refractivity contribution in [3.63, 3.8) is 0 Å². The van der Waals surface area contributed by atoms with E-state index in [0.29, 0.717) is 0 Å². The summed E-state index contributed by atoms with van der Waals surface area (Å²) in [4.78, 5) is 20.7.